The smallest absolute Gasteiger partial charge is 0.269 e. The Bertz CT molecular complexity index is 461. The van der Waals surface area contributed by atoms with E-state index in [1.165, 1.54) is 0 Å². The summed E-state index contributed by atoms with van der Waals surface area (Å²) >= 11 is 0. The van der Waals surface area contributed by atoms with Gasteiger partial charge in [0, 0.05) is 18.2 Å². The predicted octanol–water partition coefficient (Wildman–Crippen LogP) is 3.09. The van der Waals surface area contributed by atoms with Crippen molar-refractivity contribution in [3.8, 4) is 0 Å². The lowest BCUT2D eigenvalue weighted by atomic mass is 9.54. The van der Waals surface area contributed by atoms with Crippen molar-refractivity contribution in [1.82, 2.24) is 5.32 Å². The van der Waals surface area contributed by atoms with Crippen LogP contribution in [0.1, 0.15) is 38.2 Å². The summed E-state index contributed by atoms with van der Waals surface area (Å²) in [4.78, 5) is 10.5. The first kappa shape index (κ1) is 13.0. The van der Waals surface area contributed by atoms with E-state index in [1.54, 1.807) is 18.2 Å². The van der Waals surface area contributed by atoms with Gasteiger partial charge in [-0.1, -0.05) is 26.0 Å². The highest BCUT2D eigenvalue weighted by Gasteiger charge is 2.50. The Balaban J connectivity index is 2.28. The highest BCUT2D eigenvalue weighted by Crippen LogP contribution is 2.54. The molecule has 2 rings (SSSR count). The van der Waals surface area contributed by atoms with Crippen LogP contribution in [0.2, 0.25) is 0 Å². The van der Waals surface area contributed by atoms with Gasteiger partial charge in [0.1, 0.15) is 0 Å². The highest BCUT2D eigenvalue weighted by molar-refractivity contribution is 5.38. The fourth-order valence-electron chi connectivity index (χ4n) is 3.17. The van der Waals surface area contributed by atoms with E-state index < -0.39 is 0 Å². The van der Waals surface area contributed by atoms with E-state index in [1.807, 2.05) is 13.1 Å². The van der Waals surface area contributed by atoms with Crippen LogP contribution in [0, 0.1) is 15.5 Å². The van der Waals surface area contributed by atoms with Crippen LogP contribution in [0.25, 0.3) is 0 Å². The second-order valence-corrected chi connectivity index (χ2v) is 5.34. The third-order valence-electron chi connectivity index (χ3n) is 4.66. The molecular formula is C14H20N2O2. The summed E-state index contributed by atoms with van der Waals surface area (Å²) < 4.78 is 0. The number of nitro groups is 1. The summed E-state index contributed by atoms with van der Waals surface area (Å²) in [6.07, 6.45) is 2.13. The first-order valence-electron chi connectivity index (χ1n) is 6.44. The van der Waals surface area contributed by atoms with Crippen molar-refractivity contribution >= 4 is 5.69 Å². The molecule has 1 aromatic rings. The Morgan fingerprint density at radius 2 is 2.28 bits per heavy atom. The normalized spacial score (nSPS) is 30.8. The number of hydrogen-bond acceptors (Lipinski definition) is 3. The first-order chi connectivity index (χ1) is 8.52. The summed E-state index contributed by atoms with van der Waals surface area (Å²) in [5, 5.41) is 14.2. The molecule has 0 aromatic heterocycles. The van der Waals surface area contributed by atoms with Gasteiger partial charge in [0.2, 0.25) is 0 Å². The van der Waals surface area contributed by atoms with Gasteiger partial charge >= 0.3 is 0 Å². The quantitative estimate of drug-likeness (QED) is 0.658. The van der Waals surface area contributed by atoms with Gasteiger partial charge in [-0.05, 0) is 36.8 Å². The highest BCUT2D eigenvalue weighted by atomic mass is 16.6. The average Bonchev–Trinajstić information content (AvgIpc) is 2.37. The minimum atomic E-state index is -0.318. The molecule has 1 saturated carbocycles. The van der Waals surface area contributed by atoms with Gasteiger partial charge in [-0.15, -0.1) is 0 Å². The zero-order valence-corrected chi connectivity index (χ0v) is 11.1. The van der Waals surface area contributed by atoms with E-state index >= 15 is 0 Å². The zero-order chi connectivity index (χ0) is 13.3. The third-order valence-corrected chi connectivity index (χ3v) is 4.66. The Labute approximate surface area is 108 Å². The standard InChI is InChI=1S/C14H20N2O2/c1-4-14(2)12(9-13(14)15-3)10-6-5-7-11(8-10)16(17)18/h5-8,12-13,15H,4,9H2,1-3H3. The number of nitrogens with one attached hydrogen (secondary N) is 1. The van der Waals surface area contributed by atoms with Crippen LogP contribution in [0.3, 0.4) is 0 Å². The minimum absolute atomic E-state index is 0.193. The molecule has 0 aliphatic heterocycles. The van der Waals surface area contributed by atoms with Crippen LogP contribution in [0.15, 0.2) is 24.3 Å². The van der Waals surface area contributed by atoms with Crippen molar-refractivity contribution in [2.45, 2.75) is 38.6 Å². The number of nitrogens with zero attached hydrogens (tertiary/aromatic N) is 1. The maximum Gasteiger partial charge on any atom is 0.269 e. The molecule has 4 heteroatoms. The van der Waals surface area contributed by atoms with Gasteiger partial charge in [-0.2, -0.15) is 0 Å². The molecule has 0 amide bonds. The van der Waals surface area contributed by atoms with Crippen molar-refractivity contribution in [1.29, 1.82) is 0 Å². The van der Waals surface area contributed by atoms with Crippen LogP contribution < -0.4 is 5.32 Å². The molecule has 98 valence electrons. The molecule has 1 N–H and O–H groups in total. The molecule has 1 aliphatic rings. The molecular weight excluding hydrogens is 228 g/mol. The van der Waals surface area contributed by atoms with Crippen LogP contribution in [0.5, 0.6) is 0 Å². The van der Waals surface area contributed by atoms with Crippen molar-refractivity contribution in [3.63, 3.8) is 0 Å². The van der Waals surface area contributed by atoms with Gasteiger partial charge in [0.15, 0.2) is 0 Å². The summed E-state index contributed by atoms with van der Waals surface area (Å²) in [6.45, 7) is 4.45. The van der Waals surface area contributed by atoms with E-state index in [-0.39, 0.29) is 16.0 Å². The summed E-state index contributed by atoms with van der Waals surface area (Å²) in [7, 11) is 1.99. The van der Waals surface area contributed by atoms with Crippen LogP contribution >= 0.6 is 0 Å². The number of nitro benzene ring substituents is 1. The number of non-ortho nitro benzene ring substituents is 1. The van der Waals surface area contributed by atoms with E-state index in [4.69, 9.17) is 0 Å². The van der Waals surface area contributed by atoms with Gasteiger partial charge in [0.05, 0.1) is 4.92 Å². The molecule has 1 aromatic carbocycles. The number of benzene rings is 1. The van der Waals surface area contributed by atoms with Gasteiger partial charge in [-0.25, -0.2) is 0 Å². The largest absolute Gasteiger partial charge is 0.316 e. The maximum atomic E-state index is 10.8. The van der Waals surface area contributed by atoms with Crippen LogP contribution in [-0.4, -0.2) is 18.0 Å². The topological polar surface area (TPSA) is 55.2 Å². The Morgan fingerprint density at radius 3 is 2.83 bits per heavy atom. The molecule has 3 atom stereocenters. The predicted molar refractivity (Wildman–Crippen MR) is 71.7 cm³/mol. The molecule has 4 nitrogen and oxygen atoms in total. The third kappa shape index (κ3) is 1.90. The van der Waals surface area contributed by atoms with Crippen molar-refractivity contribution in [3.05, 3.63) is 39.9 Å². The Kier molecular flexibility index (Phi) is 3.39. The lowest BCUT2D eigenvalue weighted by Crippen LogP contribution is -2.55. The average molecular weight is 248 g/mol. The lowest BCUT2D eigenvalue weighted by Gasteiger charge is -2.54. The fourth-order valence-corrected chi connectivity index (χ4v) is 3.17. The molecule has 1 aliphatic carbocycles. The molecule has 0 saturated heterocycles. The van der Waals surface area contributed by atoms with Gasteiger partial charge < -0.3 is 5.32 Å². The summed E-state index contributed by atoms with van der Waals surface area (Å²) in [5.74, 6) is 0.417. The zero-order valence-electron chi connectivity index (χ0n) is 11.1. The van der Waals surface area contributed by atoms with E-state index in [9.17, 15) is 10.1 Å². The van der Waals surface area contributed by atoms with Crippen molar-refractivity contribution < 1.29 is 4.92 Å². The van der Waals surface area contributed by atoms with E-state index in [0.29, 0.717) is 12.0 Å². The van der Waals surface area contributed by atoms with E-state index in [0.717, 1.165) is 18.4 Å². The molecule has 18 heavy (non-hydrogen) atoms. The number of hydrogen-bond donors (Lipinski definition) is 1. The van der Waals surface area contributed by atoms with E-state index in [2.05, 4.69) is 19.2 Å². The molecule has 0 radical (unpaired) electrons. The lowest BCUT2D eigenvalue weighted by molar-refractivity contribution is -0.385. The Hall–Kier alpha value is -1.42. The van der Waals surface area contributed by atoms with Crippen molar-refractivity contribution in [2.75, 3.05) is 7.05 Å². The minimum Gasteiger partial charge on any atom is -0.316 e. The molecule has 0 spiro atoms. The number of rotatable bonds is 4. The molecule has 0 bridgehead atoms. The Morgan fingerprint density at radius 1 is 1.56 bits per heavy atom. The van der Waals surface area contributed by atoms with Crippen molar-refractivity contribution in [2.24, 2.45) is 5.41 Å². The second kappa shape index (κ2) is 4.69. The van der Waals surface area contributed by atoms with Crippen LogP contribution in [-0.2, 0) is 0 Å². The summed E-state index contributed by atoms with van der Waals surface area (Å²) in [5.41, 5.74) is 1.49. The van der Waals surface area contributed by atoms with Gasteiger partial charge in [-0.3, -0.25) is 10.1 Å². The molecule has 1 fully saturated rings. The molecule has 0 heterocycles. The fraction of sp³-hybridized carbons (Fsp3) is 0.571. The van der Waals surface area contributed by atoms with Gasteiger partial charge in [0.25, 0.3) is 5.69 Å². The SMILES string of the molecule is CCC1(C)C(NC)CC1c1cccc([N+](=O)[O-])c1. The summed E-state index contributed by atoms with van der Waals surface area (Å²) in [6, 6.07) is 7.59. The van der Waals surface area contributed by atoms with Crippen LogP contribution in [0.4, 0.5) is 5.69 Å². The second-order valence-electron chi connectivity index (χ2n) is 5.34. The first-order valence-corrected chi connectivity index (χ1v) is 6.44. The monoisotopic (exact) mass is 248 g/mol. The maximum absolute atomic E-state index is 10.8. The molecule has 3 unspecified atom stereocenters.